The number of rotatable bonds is 12. The molecule has 0 N–H and O–H groups in total. The van der Waals surface area contributed by atoms with Crippen LogP contribution in [0.15, 0.2) is 315 Å². The molecule has 0 spiro atoms. The monoisotopic (exact) mass is 2040 g/mol. The molecule has 0 saturated carbocycles. The van der Waals surface area contributed by atoms with E-state index in [-0.39, 0.29) is 100 Å². The molecule has 0 fully saturated rings. The molecular weight excluding hydrogens is 1970 g/mol. The van der Waals surface area contributed by atoms with Crippen molar-refractivity contribution in [3.8, 4) is 45.9 Å². The van der Waals surface area contributed by atoms with Gasteiger partial charge in [-0.05, 0) is 142 Å². The zero-order valence-electron chi connectivity index (χ0n) is 53.6. The fourth-order valence-corrected chi connectivity index (χ4v) is 28.3. The van der Waals surface area contributed by atoms with Crippen molar-refractivity contribution in [3.63, 3.8) is 0 Å². The topological polar surface area (TPSA) is 0 Å². The van der Waals surface area contributed by atoms with Crippen LogP contribution in [0.1, 0.15) is 72.2 Å². The van der Waals surface area contributed by atoms with Gasteiger partial charge in [0.05, 0.1) is 0 Å². The number of fused-ring (bicyclic) bond motifs is 6. The largest absolute Gasteiger partial charge is 1.00 e. The van der Waals surface area contributed by atoms with E-state index in [0.29, 0.717) is 0 Å². The van der Waals surface area contributed by atoms with Gasteiger partial charge < -0.3 is 25.7 Å². The standard InChI is InChI=1S/2C25H22P2.2C19H12.4Au/c2*1-5-13-22(14-6-1)26(23-15-7-2-8-16-23)21-27(24-17-9-3-10-18-24)25-19-11-4-12-20-25;2*1-5-13-7-9-17-15(11-13)16-12-14(6-2)8-10-18(16)19(17,3)4;;;;/h2*1-20H,21H2;2*7-12H,3-4H3;;;;/q;;2*-2;4*+1/p+4. The van der Waals surface area contributed by atoms with Crippen LogP contribution < -0.4 is 42.4 Å². The second-order valence-electron chi connectivity index (χ2n) is 24.0. The van der Waals surface area contributed by atoms with Crippen LogP contribution in [-0.2, 0) is 100 Å². The second kappa shape index (κ2) is 36.9. The minimum absolute atomic E-state index is 0. The van der Waals surface area contributed by atoms with Crippen molar-refractivity contribution in [2.75, 3.05) is 11.8 Å². The Balaban J connectivity index is 0.000000180. The van der Waals surface area contributed by atoms with Gasteiger partial charge in [-0.25, -0.2) is 0 Å². The fraction of sp³-hybridized carbons (Fsp3) is 0.0909. The van der Waals surface area contributed by atoms with Crippen molar-refractivity contribution >= 4 is 74.1 Å². The maximum atomic E-state index is 7.28. The first kappa shape index (κ1) is 76.9. The van der Waals surface area contributed by atoms with Gasteiger partial charge in [0.15, 0.2) is 11.8 Å². The third kappa shape index (κ3) is 18.3. The van der Waals surface area contributed by atoms with Crippen LogP contribution in [0, 0.1) is 49.4 Å². The Hall–Kier alpha value is -6.44. The van der Waals surface area contributed by atoms with E-state index in [2.05, 4.69) is 318 Å². The van der Waals surface area contributed by atoms with E-state index in [1.165, 1.54) is 76.5 Å². The molecule has 2 aliphatic rings. The minimum atomic E-state index is -0.847. The Labute approximate surface area is 638 Å². The summed E-state index contributed by atoms with van der Waals surface area (Å²) in [6.45, 7) is 8.83. The van der Waals surface area contributed by atoms with Gasteiger partial charge in [0.2, 0.25) is 0 Å². The van der Waals surface area contributed by atoms with E-state index < -0.39 is 31.7 Å². The first-order valence-electron chi connectivity index (χ1n) is 31.2. The van der Waals surface area contributed by atoms with Crippen molar-refractivity contribution in [1.29, 1.82) is 0 Å². The molecule has 0 aromatic heterocycles. The van der Waals surface area contributed by atoms with E-state index in [1.54, 1.807) is 0 Å². The van der Waals surface area contributed by atoms with Crippen molar-refractivity contribution < 1.29 is 89.5 Å². The quantitative estimate of drug-likeness (QED) is 0.0495. The van der Waals surface area contributed by atoms with Gasteiger partial charge in [-0.3, -0.25) is 23.7 Å². The van der Waals surface area contributed by atoms with Gasteiger partial charge in [-0.2, -0.15) is 0 Å². The molecule has 0 atom stereocenters. The van der Waals surface area contributed by atoms with Gasteiger partial charge in [0.1, 0.15) is 74.1 Å². The summed E-state index contributed by atoms with van der Waals surface area (Å²) in [5, 5.41) is 12.0. The van der Waals surface area contributed by atoms with Crippen LogP contribution in [0.5, 0.6) is 0 Å². The van der Waals surface area contributed by atoms with Gasteiger partial charge in [-0.1, -0.05) is 198 Å². The van der Waals surface area contributed by atoms with Crippen LogP contribution in [0.4, 0.5) is 0 Å². The zero-order valence-corrected chi connectivity index (χ0v) is 66.3. The smallest absolute Gasteiger partial charge is 0.366 e. The van der Waals surface area contributed by atoms with Crippen molar-refractivity contribution in [2.45, 2.75) is 38.5 Å². The molecule has 14 rings (SSSR count). The zero-order chi connectivity index (χ0) is 63.9. The maximum Gasteiger partial charge on any atom is 1.00 e. The Kier molecular flexibility index (Phi) is 29.6. The number of hydrogen-bond donors (Lipinski definition) is 0. The molecule has 12 aromatic carbocycles. The predicted molar refractivity (Wildman–Crippen MR) is 405 cm³/mol. The van der Waals surface area contributed by atoms with Gasteiger partial charge >= 0.3 is 89.5 Å². The fourth-order valence-electron chi connectivity index (χ4n) is 12.8. The maximum absolute atomic E-state index is 7.28. The van der Waals surface area contributed by atoms with Crippen LogP contribution >= 0.6 is 31.7 Å². The number of benzene rings is 12. The van der Waals surface area contributed by atoms with E-state index in [4.69, 9.17) is 25.7 Å². The molecule has 0 saturated heterocycles. The van der Waals surface area contributed by atoms with Crippen molar-refractivity contribution in [3.05, 3.63) is 386 Å². The second-order valence-corrected chi connectivity index (χ2v) is 35.3. The summed E-state index contributed by atoms with van der Waals surface area (Å²) in [6, 6.07) is 113. The average Bonchev–Trinajstić information content (AvgIpc) is 1.60. The normalized spacial score (nSPS) is 11.8. The molecule has 0 amide bonds. The van der Waals surface area contributed by atoms with Gasteiger partial charge in [0.25, 0.3) is 0 Å². The predicted octanol–water partition coefficient (Wildman–Crippen LogP) is 17.1. The molecule has 0 aliphatic heterocycles. The minimum Gasteiger partial charge on any atom is -0.366 e. The SMILES string of the molecule is [Au+].[Au+].[Au+].[Au+].[C-]#Cc1ccc2c(c1)-c1cc(C#[C-])ccc1C2(C)C.[C-]#Cc1ccc2c(c1)-c1cc(C#[C-])ccc1C2(C)C.c1ccc([PH+](C[PH+](c2ccccc2)c2ccccc2)c2ccccc2)cc1.c1ccc([PH+](C[PH+](c2ccccc2)c2ccccc2)c2ccccc2)cc1. The first-order chi connectivity index (χ1) is 45.0. The Morgan fingerprint density at radius 2 is 0.375 bits per heavy atom. The van der Waals surface area contributed by atoms with E-state index in [0.717, 1.165) is 44.5 Å². The summed E-state index contributed by atoms with van der Waals surface area (Å²) in [5.41, 5.74) is 12.7. The van der Waals surface area contributed by atoms with Crippen LogP contribution in [0.2, 0.25) is 0 Å². The molecule has 0 heterocycles. The summed E-state index contributed by atoms with van der Waals surface area (Å²) in [7, 11) is -3.39. The summed E-state index contributed by atoms with van der Waals surface area (Å²) in [5.74, 6) is 12.3. The molecule has 0 radical (unpaired) electrons. The van der Waals surface area contributed by atoms with Crippen LogP contribution in [0.3, 0.4) is 0 Å². The molecule has 0 unspecified atom stereocenters. The molecule has 0 bridgehead atoms. The van der Waals surface area contributed by atoms with Crippen LogP contribution in [-0.4, -0.2) is 11.8 Å². The molecule has 96 heavy (non-hydrogen) atoms. The van der Waals surface area contributed by atoms with Crippen molar-refractivity contribution in [1.82, 2.24) is 0 Å². The molecular formula is C88H72Au4P4+4. The third-order valence-electron chi connectivity index (χ3n) is 17.6. The van der Waals surface area contributed by atoms with E-state index in [1.807, 2.05) is 48.5 Å². The average molecular weight is 2040 g/mol. The van der Waals surface area contributed by atoms with Gasteiger partial charge in [0, 0.05) is 10.8 Å². The molecule has 484 valence electrons. The number of hydrogen-bond acceptors (Lipinski definition) is 0. The molecule has 0 nitrogen and oxygen atoms in total. The van der Waals surface area contributed by atoms with E-state index in [9.17, 15) is 0 Å². The van der Waals surface area contributed by atoms with E-state index >= 15 is 0 Å². The Bertz CT molecular complexity index is 3870. The Morgan fingerprint density at radius 3 is 0.510 bits per heavy atom. The Morgan fingerprint density at radius 1 is 0.229 bits per heavy atom. The molecule has 2 aliphatic carbocycles. The summed E-state index contributed by atoms with van der Waals surface area (Å²) in [4.78, 5) is 0. The summed E-state index contributed by atoms with van der Waals surface area (Å²) >= 11 is 0. The first-order valence-corrected chi connectivity index (χ1v) is 38.0. The molecule has 8 heteroatoms. The summed E-state index contributed by atoms with van der Waals surface area (Å²) in [6.07, 6.45) is 29.1. The third-order valence-corrected chi connectivity index (χ3v) is 31.5. The molecule has 12 aromatic rings. The summed E-state index contributed by atoms with van der Waals surface area (Å²) < 4.78 is 0. The van der Waals surface area contributed by atoms with Crippen molar-refractivity contribution in [2.24, 2.45) is 0 Å². The van der Waals surface area contributed by atoms with Gasteiger partial charge in [-0.15, -0.1) is 70.8 Å². The van der Waals surface area contributed by atoms with Crippen LogP contribution in [0.25, 0.3) is 22.3 Å².